The van der Waals surface area contributed by atoms with Gasteiger partial charge in [0.2, 0.25) is 5.91 Å². The molecule has 1 amide bonds. The lowest BCUT2D eigenvalue weighted by Gasteiger charge is -2.18. The van der Waals surface area contributed by atoms with Crippen LogP contribution in [0.4, 0.5) is 5.69 Å². The molecule has 98 valence electrons. The number of rotatable bonds is 4. The molecule has 18 heavy (non-hydrogen) atoms. The zero-order valence-electron chi connectivity index (χ0n) is 10.9. The highest BCUT2D eigenvalue weighted by atomic mass is 16.3. The normalized spacial score (nSPS) is 15.9. The van der Waals surface area contributed by atoms with Crippen LogP contribution < -0.4 is 5.32 Å². The molecule has 1 aromatic carbocycles. The molecule has 3 nitrogen and oxygen atoms in total. The number of benzene rings is 1. The molecule has 1 aromatic rings. The standard InChI is InChI=1S/C15H21NO2/c1-2-11(10-17)15(18)16-14-8-7-12-5-3-4-6-13(12)9-14/h7-9,11,17H,2-6,10H2,1H3,(H,16,18). The molecule has 0 radical (unpaired) electrons. The second-order valence-electron chi connectivity index (χ2n) is 4.97. The molecule has 0 aliphatic heterocycles. The summed E-state index contributed by atoms with van der Waals surface area (Å²) in [5.74, 6) is -0.392. The fraction of sp³-hybridized carbons (Fsp3) is 0.533. The first kappa shape index (κ1) is 13.1. The second-order valence-corrected chi connectivity index (χ2v) is 4.97. The van der Waals surface area contributed by atoms with Crippen LogP contribution in [0.2, 0.25) is 0 Å². The summed E-state index contributed by atoms with van der Waals surface area (Å²) in [7, 11) is 0. The first-order valence-electron chi connectivity index (χ1n) is 6.78. The summed E-state index contributed by atoms with van der Waals surface area (Å²) in [5, 5.41) is 12.0. The Hall–Kier alpha value is -1.35. The highest BCUT2D eigenvalue weighted by Gasteiger charge is 2.16. The largest absolute Gasteiger partial charge is 0.396 e. The van der Waals surface area contributed by atoms with E-state index >= 15 is 0 Å². The van der Waals surface area contributed by atoms with Crippen LogP contribution in [0.5, 0.6) is 0 Å². The maximum absolute atomic E-state index is 11.9. The van der Waals surface area contributed by atoms with Crippen LogP contribution in [-0.4, -0.2) is 17.6 Å². The number of carbonyl (C=O) groups excluding carboxylic acids is 1. The lowest BCUT2D eigenvalue weighted by Crippen LogP contribution is -2.25. The third kappa shape index (κ3) is 2.91. The first-order chi connectivity index (χ1) is 8.74. The Labute approximate surface area is 108 Å². The number of aryl methyl sites for hydroxylation is 2. The number of aliphatic hydroxyl groups is 1. The van der Waals surface area contributed by atoms with E-state index in [1.807, 2.05) is 13.0 Å². The van der Waals surface area contributed by atoms with E-state index in [4.69, 9.17) is 5.11 Å². The highest BCUT2D eigenvalue weighted by Crippen LogP contribution is 2.24. The van der Waals surface area contributed by atoms with E-state index in [-0.39, 0.29) is 18.4 Å². The van der Waals surface area contributed by atoms with Crippen LogP contribution in [0.1, 0.15) is 37.3 Å². The molecule has 0 saturated carbocycles. The molecule has 2 N–H and O–H groups in total. The van der Waals surface area contributed by atoms with Crippen molar-refractivity contribution in [3.8, 4) is 0 Å². The van der Waals surface area contributed by atoms with Gasteiger partial charge in [0.1, 0.15) is 0 Å². The Morgan fingerprint density at radius 2 is 2.06 bits per heavy atom. The van der Waals surface area contributed by atoms with E-state index in [9.17, 15) is 4.79 Å². The van der Waals surface area contributed by atoms with Gasteiger partial charge in [0.05, 0.1) is 12.5 Å². The van der Waals surface area contributed by atoms with Crippen LogP contribution >= 0.6 is 0 Å². The molecule has 0 fully saturated rings. The molecule has 0 spiro atoms. The van der Waals surface area contributed by atoms with E-state index in [0.717, 1.165) is 18.5 Å². The summed E-state index contributed by atoms with van der Waals surface area (Å²) in [5.41, 5.74) is 3.62. The lowest BCUT2D eigenvalue weighted by molar-refractivity contribution is -0.121. The molecule has 3 heteroatoms. The van der Waals surface area contributed by atoms with Crippen LogP contribution in [0.15, 0.2) is 18.2 Å². The number of aliphatic hydroxyl groups excluding tert-OH is 1. The van der Waals surface area contributed by atoms with Gasteiger partial charge in [-0.15, -0.1) is 0 Å². The minimum absolute atomic E-state index is 0.0873. The van der Waals surface area contributed by atoms with Crippen molar-refractivity contribution in [1.29, 1.82) is 0 Å². The topological polar surface area (TPSA) is 49.3 Å². The van der Waals surface area contributed by atoms with Crippen molar-refractivity contribution in [2.75, 3.05) is 11.9 Å². The minimum Gasteiger partial charge on any atom is -0.396 e. The Morgan fingerprint density at radius 3 is 2.72 bits per heavy atom. The zero-order valence-corrected chi connectivity index (χ0v) is 10.9. The van der Waals surface area contributed by atoms with Gasteiger partial charge < -0.3 is 10.4 Å². The van der Waals surface area contributed by atoms with E-state index in [1.165, 1.54) is 24.0 Å². The number of anilines is 1. The SMILES string of the molecule is CCC(CO)C(=O)Nc1ccc2c(c1)CCCC2. The zero-order chi connectivity index (χ0) is 13.0. The summed E-state index contributed by atoms with van der Waals surface area (Å²) < 4.78 is 0. The average molecular weight is 247 g/mol. The molecule has 1 aliphatic rings. The maximum Gasteiger partial charge on any atom is 0.229 e. The van der Waals surface area contributed by atoms with Gasteiger partial charge in [-0.1, -0.05) is 13.0 Å². The number of nitrogens with one attached hydrogen (secondary N) is 1. The Bertz CT molecular complexity index is 425. The van der Waals surface area contributed by atoms with E-state index in [2.05, 4.69) is 17.4 Å². The van der Waals surface area contributed by atoms with Gasteiger partial charge >= 0.3 is 0 Å². The quantitative estimate of drug-likeness (QED) is 0.859. The van der Waals surface area contributed by atoms with Crippen molar-refractivity contribution in [3.63, 3.8) is 0 Å². The van der Waals surface area contributed by atoms with Crippen molar-refractivity contribution in [1.82, 2.24) is 0 Å². The average Bonchev–Trinajstić information content (AvgIpc) is 2.40. The molecule has 0 bridgehead atoms. The summed E-state index contributed by atoms with van der Waals surface area (Å²) in [4.78, 5) is 11.9. The third-order valence-corrected chi connectivity index (χ3v) is 3.70. The van der Waals surface area contributed by atoms with Gasteiger partial charge in [0, 0.05) is 5.69 Å². The fourth-order valence-electron chi connectivity index (χ4n) is 2.45. The van der Waals surface area contributed by atoms with Crippen molar-refractivity contribution in [2.24, 2.45) is 5.92 Å². The predicted octanol–water partition coefficient (Wildman–Crippen LogP) is 2.52. The van der Waals surface area contributed by atoms with Crippen LogP contribution in [0, 0.1) is 5.92 Å². The Balaban J connectivity index is 2.08. The van der Waals surface area contributed by atoms with Gasteiger partial charge in [-0.05, 0) is 55.4 Å². The molecule has 0 saturated heterocycles. The van der Waals surface area contributed by atoms with Crippen molar-refractivity contribution < 1.29 is 9.90 Å². The van der Waals surface area contributed by atoms with Gasteiger partial charge in [0.15, 0.2) is 0 Å². The fourth-order valence-corrected chi connectivity index (χ4v) is 2.45. The highest BCUT2D eigenvalue weighted by molar-refractivity contribution is 5.92. The summed E-state index contributed by atoms with van der Waals surface area (Å²) >= 11 is 0. The second kappa shape index (κ2) is 6.01. The van der Waals surface area contributed by atoms with Crippen molar-refractivity contribution in [2.45, 2.75) is 39.0 Å². The Kier molecular flexibility index (Phi) is 4.37. The van der Waals surface area contributed by atoms with E-state index in [0.29, 0.717) is 6.42 Å². The maximum atomic E-state index is 11.9. The lowest BCUT2D eigenvalue weighted by atomic mass is 9.91. The molecule has 1 unspecified atom stereocenters. The summed E-state index contributed by atoms with van der Waals surface area (Å²) in [6.45, 7) is 1.82. The smallest absolute Gasteiger partial charge is 0.229 e. The van der Waals surface area contributed by atoms with Gasteiger partial charge in [-0.25, -0.2) is 0 Å². The minimum atomic E-state index is -0.305. The monoisotopic (exact) mass is 247 g/mol. The molecule has 0 aromatic heterocycles. The number of amides is 1. The number of fused-ring (bicyclic) bond motifs is 1. The van der Waals surface area contributed by atoms with Crippen LogP contribution in [-0.2, 0) is 17.6 Å². The van der Waals surface area contributed by atoms with Crippen LogP contribution in [0.3, 0.4) is 0 Å². The summed E-state index contributed by atoms with van der Waals surface area (Å²) in [6.07, 6.45) is 5.42. The molecule has 2 rings (SSSR count). The third-order valence-electron chi connectivity index (χ3n) is 3.70. The van der Waals surface area contributed by atoms with Gasteiger partial charge in [0.25, 0.3) is 0 Å². The summed E-state index contributed by atoms with van der Waals surface area (Å²) in [6, 6.07) is 6.16. The molecular weight excluding hydrogens is 226 g/mol. The van der Waals surface area contributed by atoms with Crippen molar-refractivity contribution in [3.05, 3.63) is 29.3 Å². The molecule has 1 aliphatic carbocycles. The first-order valence-corrected chi connectivity index (χ1v) is 6.78. The molecule has 0 heterocycles. The number of hydrogen-bond donors (Lipinski definition) is 2. The van der Waals surface area contributed by atoms with E-state index in [1.54, 1.807) is 0 Å². The predicted molar refractivity (Wildman–Crippen MR) is 72.6 cm³/mol. The molecule has 1 atom stereocenters. The van der Waals surface area contributed by atoms with E-state index < -0.39 is 0 Å². The number of hydrogen-bond acceptors (Lipinski definition) is 2. The van der Waals surface area contributed by atoms with Crippen molar-refractivity contribution >= 4 is 11.6 Å². The number of carbonyl (C=O) groups is 1. The van der Waals surface area contributed by atoms with Gasteiger partial charge in [-0.3, -0.25) is 4.79 Å². The van der Waals surface area contributed by atoms with Gasteiger partial charge in [-0.2, -0.15) is 0 Å². The molecular formula is C15H21NO2. The Morgan fingerprint density at radius 1 is 1.33 bits per heavy atom. The van der Waals surface area contributed by atoms with Crippen LogP contribution in [0.25, 0.3) is 0 Å².